The van der Waals surface area contributed by atoms with Crippen molar-refractivity contribution in [1.82, 2.24) is 4.98 Å². The van der Waals surface area contributed by atoms with Crippen LogP contribution in [-0.4, -0.2) is 22.1 Å². The summed E-state index contributed by atoms with van der Waals surface area (Å²) in [4.78, 5) is 14.4. The summed E-state index contributed by atoms with van der Waals surface area (Å²) in [5.41, 5.74) is 12.6. The van der Waals surface area contributed by atoms with Crippen LogP contribution < -0.4 is 11.5 Å². The van der Waals surface area contributed by atoms with E-state index >= 15 is 0 Å². The minimum absolute atomic E-state index is 0.204. The molecule has 0 aliphatic heterocycles. The van der Waals surface area contributed by atoms with Crippen LogP contribution in [0.2, 0.25) is 0 Å². The Morgan fingerprint density at radius 1 is 1.71 bits per heavy atom. The summed E-state index contributed by atoms with van der Waals surface area (Å²) in [5, 5.41) is 8.62. The van der Waals surface area contributed by atoms with Gasteiger partial charge in [0.05, 0.1) is 0 Å². The summed E-state index contributed by atoms with van der Waals surface area (Å²) in [6, 6.07) is 0.867. The second kappa shape index (κ2) is 4.06. The summed E-state index contributed by atoms with van der Waals surface area (Å²) in [6.45, 7) is 1.86. The van der Waals surface area contributed by atoms with Gasteiger partial charge < -0.3 is 16.6 Å². The first-order valence-electron chi connectivity index (χ1n) is 4.20. The molecule has 0 aromatic carbocycles. The number of nitrogens with zero attached hydrogens (tertiary/aromatic N) is 1. The van der Waals surface area contributed by atoms with Crippen LogP contribution in [0.15, 0.2) is 12.3 Å². The molecule has 0 radical (unpaired) electrons. The van der Waals surface area contributed by atoms with Crippen LogP contribution >= 0.6 is 0 Å². The molecule has 0 aliphatic carbocycles. The zero-order valence-corrected chi connectivity index (χ0v) is 7.90. The molecule has 5 N–H and O–H groups in total. The molecule has 0 spiro atoms. The van der Waals surface area contributed by atoms with Crippen molar-refractivity contribution >= 4 is 11.8 Å². The van der Waals surface area contributed by atoms with Crippen molar-refractivity contribution < 1.29 is 9.90 Å². The molecule has 5 heteroatoms. The smallest absolute Gasteiger partial charge is 0.320 e. The van der Waals surface area contributed by atoms with E-state index in [9.17, 15) is 4.79 Å². The third-order valence-electron chi connectivity index (χ3n) is 1.90. The zero-order valence-electron chi connectivity index (χ0n) is 7.90. The Kier molecular flexibility index (Phi) is 3.03. The quantitative estimate of drug-likeness (QED) is 0.626. The van der Waals surface area contributed by atoms with Gasteiger partial charge in [-0.05, 0) is 18.1 Å². The van der Waals surface area contributed by atoms with Crippen LogP contribution in [0, 0.1) is 6.92 Å². The van der Waals surface area contributed by atoms with E-state index in [-0.39, 0.29) is 6.42 Å². The fourth-order valence-electron chi connectivity index (χ4n) is 1.13. The summed E-state index contributed by atoms with van der Waals surface area (Å²) in [5.74, 6) is -0.696. The monoisotopic (exact) mass is 195 g/mol. The fraction of sp³-hybridized carbons (Fsp3) is 0.333. The van der Waals surface area contributed by atoms with Gasteiger partial charge in [0.25, 0.3) is 0 Å². The van der Waals surface area contributed by atoms with E-state index < -0.39 is 12.0 Å². The third-order valence-corrected chi connectivity index (χ3v) is 1.90. The van der Waals surface area contributed by atoms with Gasteiger partial charge in [0.15, 0.2) is 0 Å². The molecule has 1 rings (SSSR count). The lowest BCUT2D eigenvalue weighted by Gasteiger charge is -2.08. The zero-order chi connectivity index (χ0) is 10.7. The molecule has 0 aliphatic rings. The first-order valence-corrected chi connectivity index (χ1v) is 4.20. The second-order valence-electron chi connectivity index (χ2n) is 3.21. The Balaban J connectivity index is 2.85. The number of nitrogens with two attached hydrogens (primary N) is 2. The van der Waals surface area contributed by atoms with E-state index in [1.807, 2.05) is 6.92 Å². The molecule has 14 heavy (non-hydrogen) atoms. The van der Waals surface area contributed by atoms with E-state index in [2.05, 4.69) is 4.98 Å². The SMILES string of the molecule is Cc1cnc(N)c(C[C@H](N)C(=O)O)c1. The number of aliphatic carboxylic acids is 1. The van der Waals surface area contributed by atoms with E-state index in [0.717, 1.165) is 5.56 Å². The molecule has 76 valence electrons. The summed E-state index contributed by atoms with van der Waals surface area (Å²) < 4.78 is 0. The molecule has 1 heterocycles. The highest BCUT2D eigenvalue weighted by Crippen LogP contribution is 2.11. The normalized spacial score (nSPS) is 12.4. The van der Waals surface area contributed by atoms with Crippen LogP contribution in [0.4, 0.5) is 5.82 Å². The molecule has 1 atom stereocenters. The van der Waals surface area contributed by atoms with Gasteiger partial charge in [-0.25, -0.2) is 4.98 Å². The number of carboxylic acids is 1. The molecule has 1 aromatic heterocycles. The minimum Gasteiger partial charge on any atom is -0.480 e. The Bertz CT molecular complexity index is 352. The molecular formula is C9H13N3O2. The number of carbonyl (C=O) groups is 1. The number of aromatic nitrogens is 1. The molecular weight excluding hydrogens is 182 g/mol. The van der Waals surface area contributed by atoms with Gasteiger partial charge in [0.2, 0.25) is 0 Å². The van der Waals surface area contributed by atoms with Gasteiger partial charge in [-0.2, -0.15) is 0 Å². The standard InChI is InChI=1S/C9H13N3O2/c1-5-2-6(8(11)12-4-5)3-7(10)9(13)14/h2,4,7H,3,10H2,1H3,(H2,11,12)(H,13,14)/t7-/m0/s1. The summed E-state index contributed by atoms with van der Waals surface area (Å²) in [7, 11) is 0. The van der Waals surface area contributed by atoms with Gasteiger partial charge in [-0.1, -0.05) is 6.07 Å². The average Bonchev–Trinajstić information content (AvgIpc) is 2.11. The molecule has 0 bridgehead atoms. The Morgan fingerprint density at radius 2 is 2.36 bits per heavy atom. The van der Waals surface area contributed by atoms with Crippen LogP contribution in [0.1, 0.15) is 11.1 Å². The highest BCUT2D eigenvalue weighted by atomic mass is 16.4. The summed E-state index contributed by atoms with van der Waals surface area (Å²) >= 11 is 0. The molecule has 0 saturated heterocycles. The van der Waals surface area contributed by atoms with Crippen LogP contribution in [0.3, 0.4) is 0 Å². The van der Waals surface area contributed by atoms with E-state index in [0.29, 0.717) is 11.4 Å². The fourth-order valence-corrected chi connectivity index (χ4v) is 1.13. The highest BCUT2D eigenvalue weighted by Gasteiger charge is 2.14. The van der Waals surface area contributed by atoms with Crippen LogP contribution in [-0.2, 0) is 11.2 Å². The number of hydrogen-bond acceptors (Lipinski definition) is 4. The number of aryl methyl sites for hydroxylation is 1. The van der Waals surface area contributed by atoms with E-state index in [4.69, 9.17) is 16.6 Å². The van der Waals surface area contributed by atoms with Gasteiger partial charge >= 0.3 is 5.97 Å². The summed E-state index contributed by atoms with van der Waals surface area (Å²) in [6.07, 6.45) is 1.83. The Morgan fingerprint density at radius 3 is 2.93 bits per heavy atom. The molecule has 0 unspecified atom stereocenters. The first-order chi connectivity index (χ1) is 6.50. The maximum atomic E-state index is 10.5. The number of pyridine rings is 1. The second-order valence-corrected chi connectivity index (χ2v) is 3.21. The predicted molar refractivity (Wildman–Crippen MR) is 52.7 cm³/mol. The number of nitrogen functional groups attached to an aromatic ring is 1. The number of rotatable bonds is 3. The van der Waals surface area contributed by atoms with Gasteiger partial charge in [0.1, 0.15) is 11.9 Å². The van der Waals surface area contributed by atoms with Crippen molar-refractivity contribution in [2.45, 2.75) is 19.4 Å². The van der Waals surface area contributed by atoms with Crippen molar-refractivity contribution in [1.29, 1.82) is 0 Å². The third kappa shape index (κ3) is 2.43. The van der Waals surface area contributed by atoms with E-state index in [1.165, 1.54) is 0 Å². The number of carboxylic acid groups (broad SMARTS) is 1. The first kappa shape index (κ1) is 10.5. The van der Waals surface area contributed by atoms with Crippen molar-refractivity contribution in [3.63, 3.8) is 0 Å². The van der Waals surface area contributed by atoms with E-state index in [1.54, 1.807) is 12.3 Å². The highest BCUT2D eigenvalue weighted by molar-refractivity contribution is 5.73. The molecule has 1 aromatic rings. The maximum absolute atomic E-state index is 10.5. The number of hydrogen-bond donors (Lipinski definition) is 3. The molecule has 0 fully saturated rings. The average molecular weight is 195 g/mol. The van der Waals surface area contributed by atoms with Crippen LogP contribution in [0.5, 0.6) is 0 Å². The van der Waals surface area contributed by atoms with Crippen molar-refractivity contribution in [2.75, 3.05) is 5.73 Å². The lowest BCUT2D eigenvalue weighted by atomic mass is 10.1. The predicted octanol–water partition coefficient (Wildman–Crippen LogP) is -0.0734. The van der Waals surface area contributed by atoms with Gasteiger partial charge in [0, 0.05) is 12.6 Å². The lowest BCUT2D eigenvalue weighted by Crippen LogP contribution is -2.32. The van der Waals surface area contributed by atoms with Crippen molar-refractivity contribution in [3.8, 4) is 0 Å². The Labute approximate surface area is 81.7 Å². The van der Waals surface area contributed by atoms with Crippen LogP contribution in [0.25, 0.3) is 0 Å². The van der Waals surface area contributed by atoms with Crippen molar-refractivity contribution in [3.05, 3.63) is 23.4 Å². The molecule has 5 nitrogen and oxygen atoms in total. The Hall–Kier alpha value is -1.62. The minimum atomic E-state index is -1.04. The van der Waals surface area contributed by atoms with Gasteiger partial charge in [-0.3, -0.25) is 4.79 Å². The largest absolute Gasteiger partial charge is 0.480 e. The molecule has 0 saturated carbocycles. The van der Waals surface area contributed by atoms with Gasteiger partial charge in [-0.15, -0.1) is 0 Å². The lowest BCUT2D eigenvalue weighted by molar-refractivity contribution is -0.138. The topological polar surface area (TPSA) is 102 Å². The maximum Gasteiger partial charge on any atom is 0.320 e. The number of anilines is 1. The van der Waals surface area contributed by atoms with Crippen molar-refractivity contribution in [2.24, 2.45) is 5.73 Å². The molecule has 0 amide bonds.